The Morgan fingerprint density at radius 1 is 1.00 bits per heavy atom. The third-order valence-electron chi connectivity index (χ3n) is 5.24. The Hall–Kier alpha value is -1.99. The highest BCUT2D eigenvalue weighted by molar-refractivity contribution is 5.79. The Kier molecular flexibility index (Phi) is 9.93. The lowest BCUT2D eigenvalue weighted by Crippen LogP contribution is -2.46. The topological polar surface area (TPSA) is 61.4 Å². The van der Waals surface area contributed by atoms with Crippen LogP contribution < -0.4 is 20.1 Å². The molecule has 0 saturated carbocycles. The summed E-state index contributed by atoms with van der Waals surface area (Å²) in [5.41, 5.74) is 1.12. The van der Waals surface area contributed by atoms with Gasteiger partial charge in [0.2, 0.25) is 0 Å². The van der Waals surface area contributed by atoms with Crippen molar-refractivity contribution in [2.75, 3.05) is 67.1 Å². The van der Waals surface area contributed by atoms with Gasteiger partial charge in [-0.1, -0.05) is 13.0 Å². The van der Waals surface area contributed by atoms with Crippen LogP contribution in [0.1, 0.15) is 25.3 Å². The standard InChI is InChI=1S/C21H37N5O2/c1-5-25-12-14-26(15-13-25)11-7-6-10-23-21(22-2)24-17-18-8-9-19(27-3)20(16-18)28-4/h8-9,16H,5-7,10-15,17H2,1-4H3,(H2,22,23,24). The van der Waals surface area contributed by atoms with E-state index < -0.39 is 0 Å². The number of unbranched alkanes of at least 4 members (excludes halogenated alkanes) is 1. The van der Waals surface area contributed by atoms with Crippen LogP contribution in [0.3, 0.4) is 0 Å². The predicted molar refractivity (Wildman–Crippen MR) is 116 cm³/mol. The molecule has 1 aromatic rings. The Bertz CT molecular complexity index is 600. The molecule has 0 unspecified atom stereocenters. The molecule has 0 aliphatic carbocycles. The molecule has 0 bridgehead atoms. The summed E-state index contributed by atoms with van der Waals surface area (Å²) < 4.78 is 10.6. The molecule has 28 heavy (non-hydrogen) atoms. The van der Waals surface area contributed by atoms with E-state index >= 15 is 0 Å². The smallest absolute Gasteiger partial charge is 0.191 e. The van der Waals surface area contributed by atoms with Gasteiger partial charge in [-0.2, -0.15) is 0 Å². The first-order chi connectivity index (χ1) is 13.7. The highest BCUT2D eigenvalue weighted by atomic mass is 16.5. The Morgan fingerprint density at radius 2 is 1.71 bits per heavy atom. The molecule has 1 aliphatic heterocycles. The zero-order valence-electron chi connectivity index (χ0n) is 18.0. The Morgan fingerprint density at radius 3 is 2.36 bits per heavy atom. The molecular weight excluding hydrogens is 354 g/mol. The first-order valence-corrected chi connectivity index (χ1v) is 10.3. The zero-order valence-corrected chi connectivity index (χ0v) is 18.0. The molecular formula is C21H37N5O2. The Balaban J connectivity index is 1.62. The van der Waals surface area contributed by atoms with Crippen LogP contribution in [0, 0.1) is 0 Å². The second-order valence-electron chi connectivity index (χ2n) is 7.02. The van der Waals surface area contributed by atoms with Crippen LogP contribution in [-0.4, -0.2) is 82.8 Å². The van der Waals surface area contributed by atoms with Crippen molar-refractivity contribution in [3.05, 3.63) is 23.8 Å². The first kappa shape index (κ1) is 22.3. The van der Waals surface area contributed by atoms with Gasteiger partial charge < -0.3 is 29.9 Å². The summed E-state index contributed by atoms with van der Waals surface area (Å²) in [7, 11) is 5.10. The summed E-state index contributed by atoms with van der Waals surface area (Å²) in [6, 6.07) is 5.93. The lowest BCUT2D eigenvalue weighted by atomic mass is 10.2. The molecule has 1 aliphatic rings. The van der Waals surface area contributed by atoms with Gasteiger partial charge in [0.15, 0.2) is 17.5 Å². The van der Waals surface area contributed by atoms with Gasteiger partial charge >= 0.3 is 0 Å². The summed E-state index contributed by atoms with van der Waals surface area (Å²) in [5, 5.41) is 6.75. The molecule has 7 heteroatoms. The van der Waals surface area contributed by atoms with E-state index in [1.165, 1.54) is 45.7 Å². The maximum Gasteiger partial charge on any atom is 0.191 e. The molecule has 1 saturated heterocycles. The molecule has 0 radical (unpaired) electrons. The van der Waals surface area contributed by atoms with Gasteiger partial charge in [-0.05, 0) is 43.6 Å². The number of aliphatic imine (C=N–C) groups is 1. The van der Waals surface area contributed by atoms with Crippen LogP contribution in [0.4, 0.5) is 0 Å². The van der Waals surface area contributed by atoms with Crippen LogP contribution in [0.25, 0.3) is 0 Å². The van der Waals surface area contributed by atoms with Gasteiger partial charge in [0.05, 0.1) is 14.2 Å². The number of nitrogens with zero attached hydrogens (tertiary/aromatic N) is 3. The molecule has 0 atom stereocenters. The molecule has 7 nitrogen and oxygen atoms in total. The van der Waals surface area contributed by atoms with Crippen molar-refractivity contribution in [1.29, 1.82) is 0 Å². The predicted octanol–water partition coefficient (Wildman–Crippen LogP) is 1.79. The average molecular weight is 392 g/mol. The number of hydrogen-bond acceptors (Lipinski definition) is 5. The van der Waals surface area contributed by atoms with Gasteiger partial charge in [-0.3, -0.25) is 4.99 Å². The van der Waals surface area contributed by atoms with Crippen molar-refractivity contribution in [2.45, 2.75) is 26.3 Å². The Labute approximate surface area is 170 Å². The van der Waals surface area contributed by atoms with Crippen molar-refractivity contribution in [2.24, 2.45) is 4.99 Å². The van der Waals surface area contributed by atoms with Crippen molar-refractivity contribution in [1.82, 2.24) is 20.4 Å². The van der Waals surface area contributed by atoms with E-state index in [1.807, 2.05) is 18.2 Å². The van der Waals surface area contributed by atoms with E-state index in [0.717, 1.165) is 36.0 Å². The first-order valence-electron chi connectivity index (χ1n) is 10.3. The van der Waals surface area contributed by atoms with E-state index in [2.05, 4.69) is 32.3 Å². The van der Waals surface area contributed by atoms with Crippen molar-refractivity contribution < 1.29 is 9.47 Å². The van der Waals surface area contributed by atoms with E-state index in [9.17, 15) is 0 Å². The monoisotopic (exact) mass is 391 g/mol. The molecule has 158 valence electrons. The minimum absolute atomic E-state index is 0.682. The minimum atomic E-state index is 0.682. The molecule has 1 fully saturated rings. The molecule has 1 aromatic carbocycles. The fraction of sp³-hybridized carbons (Fsp3) is 0.667. The lowest BCUT2D eigenvalue weighted by Gasteiger charge is -2.34. The highest BCUT2D eigenvalue weighted by Crippen LogP contribution is 2.27. The lowest BCUT2D eigenvalue weighted by molar-refractivity contribution is 0.136. The highest BCUT2D eigenvalue weighted by Gasteiger charge is 2.14. The number of methoxy groups -OCH3 is 2. The molecule has 0 spiro atoms. The molecule has 0 aromatic heterocycles. The van der Waals surface area contributed by atoms with Gasteiger partial charge in [0, 0.05) is 46.3 Å². The quantitative estimate of drug-likeness (QED) is 0.360. The third kappa shape index (κ3) is 7.20. The van der Waals surface area contributed by atoms with E-state index in [-0.39, 0.29) is 0 Å². The molecule has 2 rings (SSSR count). The number of ether oxygens (including phenoxy) is 2. The number of guanidine groups is 1. The number of hydrogen-bond donors (Lipinski definition) is 2. The fourth-order valence-electron chi connectivity index (χ4n) is 3.39. The molecule has 1 heterocycles. The summed E-state index contributed by atoms with van der Waals surface area (Å²) in [4.78, 5) is 9.41. The maximum absolute atomic E-state index is 5.36. The van der Waals surface area contributed by atoms with Crippen LogP contribution >= 0.6 is 0 Å². The number of likely N-dealkylation sites (N-methyl/N-ethyl adjacent to an activating group) is 1. The largest absolute Gasteiger partial charge is 0.493 e. The number of nitrogens with one attached hydrogen (secondary N) is 2. The van der Waals surface area contributed by atoms with Gasteiger partial charge in [0.25, 0.3) is 0 Å². The van der Waals surface area contributed by atoms with Gasteiger partial charge in [-0.15, -0.1) is 0 Å². The summed E-state index contributed by atoms with van der Waals surface area (Å²) in [6.07, 6.45) is 2.36. The van der Waals surface area contributed by atoms with Crippen molar-refractivity contribution >= 4 is 5.96 Å². The van der Waals surface area contributed by atoms with E-state index in [4.69, 9.17) is 9.47 Å². The summed E-state index contributed by atoms with van der Waals surface area (Å²) in [5.74, 6) is 2.31. The van der Waals surface area contributed by atoms with E-state index in [0.29, 0.717) is 6.54 Å². The van der Waals surface area contributed by atoms with Gasteiger partial charge in [-0.25, -0.2) is 0 Å². The second-order valence-corrected chi connectivity index (χ2v) is 7.02. The summed E-state index contributed by atoms with van der Waals surface area (Å²) in [6.45, 7) is 11.0. The normalized spacial score (nSPS) is 16.1. The van der Waals surface area contributed by atoms with Gasteiger partial charge in [0.1, 0.15) is 0 Å². The van der Waals surface area contributed by atoms with Crippen LogP contribution in [-0.2, 0) is 6.54 Å². The minimum Gasteiger partial charge on any atom is -0.493 e. The number of rotatable bonds is 10. The fourth-order valence-corrected chi connectivity index (χ4v) is 3.39. The SMILES string of the molecule is CCN1CCN(CCCCNC(=NC)NCc2ccc(OC)c(OC)c2)CC1. The number of piperazine rings is 1. The number of benzene rings is 1. The zero-order chi connectivity index (χ0) is 20.2. The van der Waals surface area contributed by atoms with Crippen molar-refractivity contribution in [3.8, 4) is 11.5 Å². The molecule has 2 N–H and O–H groups in total. The van der Waals surface area contributed by atoms with E-state index in [1.54, 1.807) is 21.3 Å². The summed E-state index contributed by atoms with van der Waals surface area (Å²) >= 11 is 0. The third-order valence-corrected chi connectivity index (χ3v) is 5.24. The van der Waals surface area contributed by atoms with Crippen LogP contribution in [0.5, 0.6) is 11.5 Å². The molecule has 0 amide bonds. The van der Waals surface area contributed by atoms with Crippen LogP contribution in [0.15, 0.2) is 23.2 Å². The van der Waals surface area contributed by atoms with Crippen LogP contribution in [0.2, 0.25) is 0 Å². The van der Waals surface area contributed by atoms with Crippen molar-refractivity contribution in [3.63, 3.8) is 0 Å². The average Bonchev–Trinajstić information content (AvgIpc) is 2.75. The second kappa shape index (κ2) is 12.5. The maximum atomic E-state index is 5.36.